The molecule has 0 spiro atoms. The number of carbonyl (C=O) groups is 1. The van der Waals surface area contributed by atoms with Gasteiger partial charge in [0.2, 0.25) is 0 Å². The van der Waals surface area contributed by atoms with Crippen molar-refractivity contribution in [1.82, 2.24) is 25.2 Å². The Kier molecular flexibility index (Phi) is 6.00. The van der Waals surface area contributed by atoms with Crippen LogP contribution in [-0.2, 0) is 13.0 Å². The zero-order valence-electron chi connectivity index (χ0n) is 18.2. The molecule has 5 rings (SSSR count). The molecule has 1 aliphatic carbocycles. The van der Waals surface area contributed by atoms with E-state index in [2.05, 4.69) is 15.2 Å². The lowest BCUT2D eigenvalue weighted by molar-refractivity contribution is 0.184. The highest BCUT2D eigenvalue weighted by atomic mass is 16.2. The smallest absolute Gasteiger partial charge is 0.317 e. The summed E-state index contributed by atoms with van der Waals surface area (Å²) in [5.74, 6) is 1.69. The lowest BCUT2D eigenvalue weighted by atomic mass is 9.95. The van der Waals surface area contributed by atoms with Crippen molar-refractivity contribution in [1.29, 1.82) is 0 Å². The molecule has 2 aliphatic heterocycles. The minimum Gasteiger partial charge on any atom is -0.356 e. The number of piperidine rings is 1. The van der Waals surface area contributed by atoms with Gasteiger partial charge in [0.05, 0.1) is 12.2 Å². The van der Waals surface area contributed by atoms with Gasteiger partial charge in [-0.2, -0.15) is 0 Å². The number of nitrogens with one attached hydrogen (secondary N) is 1. The van der Waals surface area contributed by atoms with Crippen molar-refractivity contribution in [2.75, 3.05) is 24.5 Å². The van der Waals surface area contributed by atoms with E-state index in [1.807, 2.05) is 23.1 Å². The van der Waals surface area contributed by atoms with Gasteiger partial charge in [-0.05, 0) is 44.2 Å². The number of rotatable bonds is 3. The third kappa shape index (κ3) is 4.50. The van der Waals surface area contributed by atoms with E-state index in [-0.39, 0.29) is 6.03 Å². The lowest BCUT2D eigenvalue weighted by Gasteiger charge is -2.35. The molecule has 1 N–H and O–H groups in total. The first-order valence-corrected chi connectivity index (χ1v) is 11.9. The van der Waals surface area contributed by atoms with E-state index in [1.165, 1.54) is 38.5 Å². The minimum absolute atomic E-state index is 0.0657. The number of fused-ring (bicyclic) bond motifs is 1. The highest BCUT2D eigenvalue weighted by molar-refractivity contribution is 5.75. The molecular formula is C24H32N6O. The summed E-state index contributed by atoms with van der Waals surface area (Å²) in [6, 6.07) is 6.25. The molecule has 164 valence electrons. The molecule has 0 radical (unpaired) electrons. The Hall–Kier alpha value is -2.70. The van der Waals surface area contributed by atoms with Gasteiger partial charge in [0.25, 0.3) is 0 Å². The largest absolute Gasteiger partial charge is 0.356 e. The van der Waals surface area contributed by atoms with E-state index in [1.54, 1.807) is 6.20 Å². The van der Waals surface area contributed by atoms with Crippen molar-refractivity contribution in [3.8, 4) is 11.5 Å². The van der Waals surface area contributed by atoms with Crippen LogP contribution < -0.4 is 10.2 Å². The van der Waals surface area contributed by atoms with Gasteiger partial charge < -0.3 is 15.1 Å². The molecule has 4 heterocycles. The molecule has 0 unspecified atom stereocenters. The van der Waals surface area contributed by atoms with Crippen LogP contribution >= 0.6 is 0 Å². The van der Waals surface area contributed by atoms with Crippen LogP contribution in [0.5, 0.6) is 0 Å². The van der Waals surface area contributed by atoms with Crippen LogP contribution in [0.1, 0.15) is 62.6 Å². The van der Waals surface area contributed by atoms with Crippen LogP contribution in [0.15, 0.2) is 24.4 Å². The number of pyridine rings is 1. The fraction of sp³-hybridized carbons (Fsp3) is 0.583. The summed E-state index contributed by atoms with van der Waals surface area (Å²) in [7, 11) is 0. The van der Waals surface area contributed by atoms with Gasteiger partial charge in [-0.15, -0.1) is 0 Å². The number of urea groups is 1. The van der Waals surface area contributed by atoms with Crippen molar-refractivity contribution >= 4 is 11.8 Å². The van der Waals surface area contributed by atoms with Crippen LogP contribution in [0.3, 0.4) is 0 Å². The average Bonchev–Trinajstić information content (AvgIpc) is 2.84. The molecule has 2 aromatic heterocycles. The SMILES string of the molecule is O=C(NC1CCCCC1)N1CCc2nc(-c3ccccn3)nc(N3CCCCC3)c2C1. The summed E-state index contributed by atoms with van der Waals surface area (Å²) < 4.78 is 0. The van der Waals surface area contributed by atoms with E-state index in [4.69, 9.17) is 9.97 Å². The maximum atomic E-state index is 13.0. The van der Waals surface area contributed by atoms with Gasteiger partial charge in [-0.3, -0.25) is 4.98 Å². The molecule has 0 bridgehead atoms. The lowest BCUT2D eigenvalue weighted by Crippen LogP contribution is -2.47. The third-order valence-electron chi connectivity index (χ3n) is 6.81. The first kappa shape index (κ1) is 20.2. The minimum atomic E-state index is 0.0657. The standard InChI is InChI=1S/C24H32N6O/c31-24(26-18-9-3-1-4-10-18)30-16-12-20-19(17-30)23(29-14-7-2-8-15-29)28-22(27-20)21-11-5-6-13-25-21/h5-6,11,13,18H,1-4,7-10,12,14-17H2,(H,26,31). The molecule has 0 atom stereocenters. The van der Waals surface area contributed by atoms with E-state index in [0.717, 1.165) is 55.1 Å². The summed E-state index contributed by atoms with van der Waals surface area (Å²) in [5.41, 5.74) is 2.99. The quantitative estimate of drug-likeness (QED) is 0.814. The Morgan fingerprint density at radius 1 is 0.968 bits per heavy atom. The van der Waals surface area contributed by atoms with Gasteiger partial charge in [0.15, 0.2) is 5.82 Å². The number of aromatic nitrogens is 3. The molecular weight excluding hydrogens is 388 g/mol. The average molecular weight is 421 g/mol. The first-order chi connectivity index (χ1) is 15.3. The van der Waals surface area contributed by atoms with Gasteiger partial charge in [0, 0.05) is 43.9 Å². The fourth-order valence-electron chi connectivity index (χ4n) is 5.06. The zero-order chi connectivity index (χ0) is 21.0. The van der Waals surface area contributed by atoms with Crippen LogP contribution in [-0.4, -0.2) is 51.6 Å². The summed E-state index contributed by atoms with van der Waals surface area (Å²) >= 11 is 0. The summed E-state index contributed by atoms with van der Waals surface area (Å²) in [6.45, 7) is 3.31. The van der Waals surface area contributed by atoms with Gasteiger partial charge in [-0.1, -0.05) is 25.3 Å². The Morgan fingerprint density at radius 2 is 1.77 bits per heavy atom. The van der Waals surface area contributed by atoms with E-state index >= 15 is 0 Å². The van der Waals surface area contributed by atoms with E-state index in [9.17, 15) is 4.79 Å². The van der Waals surface area contributed by atoms with Gasteiger partial charge in [0.1, 0.15) is 11.5 Å². The van der Waals surface area contributed by atoms with Crippen LogP contribution in [0, 0.1) is 0 Å². The number of amides is 2. The number of hydrogen-bond acceptors (Lipinski definition) is 5. The van der Waals surface area contributed by atoms with E-state index < -0.39 is 0 Å². The van der Waals surface area contributed by atoms with Crippen LogP contribution in [0.4, 0.5) is 10.6 Å². The van der Waals surface area contributed by atoms with Crippen molar-refractivity contribution in [3.05, 3.63) is 35.7 Å². The Bertz CT molecular complexity index is 906. The summed E-state index contributed by atoms with van der Waals surface area (Å²) in [6.07, 6.45) is 12.1. The molecule has 31 heavy (non-hydrogen) atoms. The molecule has 7 heteroatoms. The topological polar surface area (TPSA) is 74.2 Å². The molecule has 7 nitrogen and oxygen atoms in total. The summed E-state index contributed by atoms with van der Waals surface area (Å²) in [4.78, 5) is 31.7. The van der Waals surface area contributed by atoms with Crippen molar-refractivity contribution in [2.45, 2.75) is 70.4 Å². The molecule has 2 aromatic rings. The zero-order valence-corrected chi connectivity index (χ0v) is 18.2. The number of carbonyl (C=O) groups excluding carboxylic acids is 1. The first-order valence-electron chi connectivity index (χ1n) is 11.9. The van der Waals surface area contributed by atoms with Crippen LogP contribution in [0.25, 0.3) is 11.5 Å². The number of hydrogen-bond donors (Lipinski definition) is 1. The molecule has 1 saturated heterocycles. The highest BCUT2D eigenvalue weighted by Crippen LogP contribution is 2.31. The molecule has 3 aliphatic rings. The third-order valence-corrected chi connectivity index (χ3v) is 6.81. The normalized spacial score (nSPS) is 19.7. The van der Waals surface area contributed by atoms with E-state index in [0.29, 0.717) is 25.0 Å². The molecule has 2 amide bonds. The molecule has 2 fully saturated rings. The van der Waals surface area contributed by atoms with Crippen molar-refractivity contribution in [3.63, 3.8) is 0 Å². The Labute approximate surface area is 184 Å². The van der Waals surface area contributed by atoms with Gasteiger partial charge >= 0.3 is 6.03 Å². The molecule has 0 aromatic carbocycles. The van der Waals surface area contributed by atoms with Gasteiger partial charge in [-0.25, -0.2) is 14.8 Å². The number of anilines is 1. The van der Waals surface area contributed by atoms with Crippen molar-refractivity contribution in [2.24, 2.45) is 0 Å². The summed E-state index contributed by atoms with van der Waals surface area (Å²) in [5, 5.41) is 3.28. The predicted octanol–water partition coefficient (Wildman–Crippen LogP) is 3.93. The monoisotopic (exact) mass is 420 g/mol. The Morgan fingerprint density at radius 3 is 2.55 bits per heavy atom. The highest BCUT2D eigenvalue weighted by Gasteiger charge is 2.29. The Balaban J connectivity index is 1.42. The maximum absolute atomic E-state index is 13.0. The predicted molar refractivity (Wildman–Crippen MR) is 121 cm³/mol. The fourth-order valence-corrected chi connectivity index (χ4v) is 5.06. The van der Waals surface area contributed by atoms with Crippen LogP contribution in [0.2, 0.25) is 0 Å². The second-order valence-electron chi connectivity index (χ2n) is 9.01. The second-order valence-corrected chi connectivity index (χ2v) is 9.01. The maximum Gasteiger partial charge on any atom is 0.317 e. The second kappa shape index (κ2) is 9.20. The number of nitrogens with zero attached hydrogens (tertiary/aromatic N) is 5. The molecule has 1 saturated carbocycles. The van der Waals surface area contributed by atoms with Crippen molar-refractivity contribution < 1.29 is 4.79 Å².